The van der Waals surface area contributed by atoms with Crippen molar-refractivity contribution in [2.75, 3.05) is 20.8 Å². The van der Waals surface area contributed by atoms with Gasteiger partial charge < -0.3 is 23.5 Å². The van der Waals surface area contributed by atoms with E-state index in [0.717, 1.165) is 17.0 Å². The maximum absolute atomic E-state index is 12.4. The van der Waals surface area contributed by atoms with Crippen molar-refractivity contribution in [3.05, 3.63) is 52.4 Å². The molecule has 2 aromatic rings. The second-order valence-corrected chi connectivity index (χ2v) is 6.58. The lowest BCUT2D eigenvalue weighted by atomic mass is 10.1. The van der Waals surface area contributed by atoms with Crippen LogP contribution in [0.2, 0.25) is 0 Å². The van der Waals surface area contributed by atoms with Crippen LogP contribution in [0.3, 0.4) is 0 Å². The number of benzene rings is 1. The van der Waals surface area contributed by atoms with Crippen LogP contribution in [0.25, 0.3) is 6.08 Å². The number of esters is 1. The van der Waals surface area contributed by atoms with Gasteiger partial charge in [0.15, 0.2) is 11.5 Å². The molecule has 1 aromatic carbocycles. The van der Waals surface area contributed by atoms with E-state index in [9.17, 15) is 18.8 Å². The third kappa shape index (κ3) is 6.30. The molecule has 2 rings (SSSR count). The molecule has 1 heterocycles. The first kappa shape index (κ1) is 23.9. The molecule has 0 aliphatic carbocycles. The monoisotopic (exact) mass is 434 g/mol. The van der Waals surface area contributed by atoms with Crippen LogP contribution in [0.5, 0.6) is 11.5 Å². The van der Waals surface area contributed by atoms with Gasteiger partial charge in [-0.25, -0.2) is 4.79 Å². The van der Waals surface area contributed by atoms with Gasteiger partial charge in [0.1, 0.15) is 18.2 Å². The number of carbonyl (C=O) groups excluding carboxylic acids is 1. The van der Waals surface area contributed by atoms with Gasteiger partial charge in [-0.05, 0) is 49.2 Å². The first-order chi connectivity index (χ1) is 14.8. The summed E-state index contributed by atoms with van der Waals surface area (Å²) in [6.45, 7) is 1.86. The van der Waals surface area contributed by atoms with Crippen molar-refractivity contribution >= 4 is 12.0 Å². The average molecular weight is 434 g/mol. The maximum atomic E-state index is 12.4. The van der Waals surface area contributed by atoms with Crippen LogP contribution >= 0.6 is 0 Å². The third-order valence-corrected chi connectivity index (χ3v) is 4.59. The Morgan fingerprint density at radius 2 is 1.97 bits per heavy atom. The van der Waals surface area contributed by atoms with E-state index < -0.39 is 12.6 Å². The van der Waals surface area contributed by atoms with Crippen LogP contribution in [0, 0.1) is 25.2 Å². The number of hydrogen-bond donors (Lipinski definition) is 0. The predicted molar refractivity (Wildman–Crippen MR) is 109 cm³/mol. The number of aryl methyl sites for hydroxylation is 1. The lowest BCUT2D eigenvalue weighted by Crippen LogP contribution is -2.08. The lowest BCUT2D eigenvalue weighted by Gasteiger charge is -2.11. The Labute approximate surface area is 179 Å². The molecule has 0 atom stereocenters. The molecule has 0 aliphatic heterocycles. The fraction of sp³-hybridized carbons (Fsp3) is 0.364. The zero-order valence-electron chi connectivity index (χ0n) is 17.8. The zero-order valence-corrected chi connectivity index (χ0v) is 17.8. The Kier molecular flexibility index (Phi) is 8.58. The van der Waals surface area contributed by atoms with E-state index in [1.807, 2.05) is 30.6 Å². The lowest BCUT2D eigenvalue weighted by molar-refractivity contribution is -0.139. The van der Waals surface area contributed by atoms with Gasteiger partial charge in [0, 0.05) is 25.0 Å². The molecular weight excluding hydrogens is 410 g/mol. The number of methoxy groups -OCH3 is 2. The van der Waals surface area contributed by atoms with Crippen molar-refractivity contribution in [3.63, 3.8) is 0 Å². The van der Waals surface area contributed by atoms with Crippen LogP contribution < -0.4 is 9.47 Å². The Morgan fingerprint density at radius 3 is 2.58 bits per heavy atom. The number of aromatic nitrogens is 1. The second-order valence-electron chi connectivity index (χ2n) is 6.58. The molecule has 0 radical (unpaired) electrons. The molecular formula is C22H24F2N2O5. The highest BCUT2D eigenvalue weighted by molar-refractivity contribution is 5.98. The number of rotatable bonds is 10. The second kappa shape index (κ2) is 11.1. The van der Waals surface area contributed by atoms with E-state index in [2.05, 4.69) is 4.74 Å². The fourth-order valence-electron chi connectivity index (χ4n) is 3.01. The summed E-state index contributed by atoms with van der Waals surface area (Å²) in [4.78, 5) is 12.4. The molecule has 1 aromatic heterocycles. The third-order valence-electron chi connectivity index (χ3n) is 4.59. The maximum Gasteiger partial charge on any atom is 0.387 e. The number of ether oxygens (including phenoxy) is 4. The van der Waals surface area contributed by atoms with Gasteiger partial charge in [0.2, 0.25) is 0 Å². The summed E-state index contributed by atoms with van der Waals surface area (Å²) in [6, 6.07) is 7.92. The average Bonchev–Trinajstić information content (AvgIpc) is 3.01. The van der Waals surface area contributed by atoms with Gasteiger partial charge in [-0.3, -0.25) is 0 Å². The smallest absolute Gasteiger partial charge is 0.387 e. The standard InChI is InChI=1S/C22H24F2N2O5/c1-14-9-17(15(2)26(14)7-8-28-3)11-18(12-25)21(27)30-13-16-5-6-19(31-22(23)24)20(10-16)29-4/h5-6,9-11,22H,7-8,13H2,1-4H3. The number of carbonyl (C=O) groups is 1. The Bertz CT molecular complexity index is 993. The van der Waals surface area contributed by atoms with Crippen molar-refractivity contribution in [1.29, 1.82) is 5.26 Å². The van der Waals surface area contributed by atoms with Gasteiger partial charge in [-0.2, -0.15) is 14.0 Å². The number of halogens is 2. The molecule has 0 aliphatic rings. The number of nitrogens with zero attached hydrogens (tertiary/aromatic N) is 2. The first-order valence-corrected chi connectivity index (χ1v) is 9.37. The molecule has 0 unspecified atom stereocenters. The summed E-state index contributed by atoms with van der Waals surface area (Å²) in [6.07, 6.45) is 1.48. The molecule has 0 fully saturated rings. The SMILES string of the molecule is COCCn1c(C)cc(C=C(C#N)C(=O)OCc2ccc(OC(F)F)c(OC)c2)c1C. The largest absolute Gasteiger partial charge is 0.493 e. The zero-order chi connectivity index (χ0) is 23.0. The molecule has 9 heteroatoms. The summed E-state index contributed by atoms with van der Waals surface area (Å²) in [5, 5.41) is 9.41. The van der Waals surface area contributed by atoms with Crippen molar-refractivity contribution < 1.29 is 32.5 Å². The Morgan fingerprint density at radius 1 is 1.23 bits per heavy atom. The Hall–Kier alpha value is -3.38. The summed E-state index contributed by atoms with van der Waals surface area (Å²) in [5.41, 5.74) is 2.94. The fourth-order valence-corrected chi connectivity index (χ4v) is 3.01. The molecule has 0 saturated heterocycles. The minimum Gasteiger partial charge on any atom is -0.493 e. The molecule has 0 amide bonds. The topological polar surface area (TPSA) is 82.7 Å². The molecule has 0 N–H and O–H groups in total. The van der Waals surface area contributed by atoms with Crippen LogP contribution in [0.4, 0.5) is 8.78 Å². The first-order valence-electron chi connectivity index (χ1n) is 9.37. The van der Waals surface area contributed by atoms with Crippen LogP contribution in [-0.2, 0) is 27.4 Å². The van der Waals surface area contributed by atoms with E-state index in [0.29, 0.717) is 18.7 Å². The molecule has 0 saturated carbocycles. The van der Waals surface area contributed by atoms with E-state index in [1.165, 1.54) is 31.4 Å². The van der Waals surface area contributed by atoms with E-state index >= 15 is 0 Å². The minimum atomic E-state index is -2.99. The van der Waals surface area contributed by atoms with Crippen molar-refractivity contribution in [3.8, 4) is 17.6 Å². The normalized spacial score (nSPS) is 11.4. The molecule has 0 bridgehead atoms. The van der Waals surface area contributed by atoms with Crippen LogP contribution in [0.1, 0.15) is 22.5 Å². The molecule has 31 heavy (non-hydrogen) atoms. The quantitative estimate of drug-likeness (QED) is 0.319. The van der Waals surface area contributed by atoms with Gasteiger partial charge in [-0.1, -0.05) is 6.07 Å². The minimum absolute atomic E-state index is 0.0772. The summed E-state index contributed by atoms with van der Waals surface area (Å²) < 4.78 is 46.6. The highest BCUT2D eigenvalue weighted by Crippen LogP contribution is 2.29. The van der Waals surface area contributed by atoms with Crippen LogP contribution in [0.15, 0.2) is 29.8 Å². The summed E-state index contributed by atoms with van der Waals surface area (Å²) in [7, 11) is 2.93. The van der Waals surface area contributed by atoms with Crippen molar-refractivity contribution in [2.45, 2.75) is 33.6 Å². The summed E-state index contributed by atoms with van der Waals surface area (Å²) >= 11 is 0. The highest BCUT2D eigenvalue weighted by atomic mass is 19.3. The van der Waals surface area contributed by atoms with E-state index in [-0.39, 0.29) is 23.7 Å². The summed E-state index contributed by atoms with van der Waals surface area (Å²) in [5.74, 6) is -0.849. The van der Waals surface area contributed by atoms with E-state index in [4.69, 9.17) is 14.2 Å². The van der Waals surface area contributed by atoms with Crippen LogP contribution in [-0.4, -0.2) is 38.0 Å². The van der Waals surface area contributed by atoms with Gasteiger partial charge in [-0.15, -0.1) is 0 Å². The van der Waals surface area contributed by atoms with Gasteiger partial charge in [0.05, 0.1) is 13.7 Å². The Balaban J connectivity index is 2.13. The van der Waals surface area contributed by atoms with Gasteiger partial charge >= 0.3 is 12.6 Å². The molecule has 7 nitrogen and oxygen atoms in total. The number of hydrogen-bond acceptors (Lipinski definition) is 6. The van der Waals surface area contributed by atoms with Crippen molar-refractivity contribution in [2.24, 2.45) is 0 Å². The molecule has 0 spiro atoms. The molecule has 166 valence electrons. The van der Waals surface area contributed by atoms with Crippen molar-refractivity contribution in [1.82, 2.24) is 4.57 Å². The predicted octanol–water partition coefficient (Wildman–Crippen LogP) is 4.01. The van der Waals surface area contributed by atoms with E-state index in [1.54, 1.807) is 7.11 Å². The van der Waals surface area contributed by atoms with Gasteiger partial charge in [0.25, 0.3) is 0 Å². The number of nitriles is 1. The number of alkyl halides is 2. The highest BCUT2D eigenvalue weighted by Gasteiger charge is 2.16.